The van der Waals surface area contributed by atoms with Crippen LogP contribution in [0.2, 0.25) is 0 Å². The van der Waals surface area contributed by atoms with Crippen molar-refractivity contribution >= 4 is 0 Å². The van der Waals surface area contributed by atoms with E-state index >= 15 is 8.78 Å². The lowest BCUT2D eigenvalue weighted by molar-refractivity contribution is -0.347. The first-order valence-corrected chi connectivity index (χ1v) is 11.8. The Morgan fingerprint density at radius 3 is 2.32 bits per heavy atom. The van der Waals surface area contributed by atoms with Crippen molar-refractivity contribution < 1.29 is 36.5 Å². The molecular formula is C25H23F5N4O3. The first kappa shape index (κ1) is 24.2. The van der Waals surface area contributed by atoms with Gasteiger partial charge in [-0.15, -0.1) is 5.10 Å². The minimum absolute atomic E-state index is 0.00786. The van der Waals surface area contributed by atoms with Crippen molar-refractivity contribution in [3.63, 3.8) is 0 Å². The second kappa shape index (κ2) is 7.94. The van der Waals surface area contributed by atoms with Gasteiger partial charge >= 0.3 is 0 Å². The highest BCUT2D eigenvalue weighted by Crippen LogP contribution is 2.80. The SMILES string of the molecule is O[C@](Cn1cnnn1)(c1ccc(F)cc1F)C(F)(F)C12CC(c3ccc(OCC4(F)COC4)cc3)(C1)C2. The van der Waals surface area contributed by atoms with Crippen LogP contribution in [0.25, 0.3) is 0 Å². The normalized spacial score (nSPS) is 27.4. The zero-order chi connectivity index (χ0) is 26.1. The van der Waals surface area contributed by atoms with Crippen LogP contribution in [0.3, 0.4) is 0 Å². The van der Waals surface area contributed by atoms with Gasteiger partial charge in [-0.1, -0.05) is 12.1 Å². The minimum Gasteiger partial charge on any atom is -0.490 e. The highest BCUT2D eigenvalue weighted by molar-refractivity contribution is 5.44. The Balaban J connectivity index is 1.22. The number of halogens is 5. The molecule has 1 N–H and O–H groups in total. The summed E-state index contributed by atoms with van der Waals surface area (Å²) >= 11 is 0. The fraction of sp³-hybridized carbons (Fsp3) is 0.480. The van der Waals surface area contributed by atoms with Gasteiger partial charge in [-0.05, 0) is 64.9 Å². The van der Waals surface area contributed by atoms with E-state index in [4.69, 9.17) is 9.47 Å². The van der Waals surface area contributed by atoms with Crippen molar-refractivity contribution in [2.75, 3.05) is 19.8 Å². The number of nitrogens with zero attached hydrogens (tertiary/aromatic N) is 4. The number of tetrazole rings is 1. The monoisotopic (exact) mass is 522 g/mol. The van der Waals surface area contributed by atoms with E-state index in [9.17, 15) is 18.3 Å². The Labute approximate surface area is 208 Å². The number of rotatable bonds is 9. The number of alkyl halides is 3. The lowest BCUT2D eigenvalue weighted by Gasteiger charge is -2.74. The first-order chi connectivity index (χ1) is 17.5. The first-order valence-electron chi connectivity index (χ1n) is 11.8. The predicted octanol–water partition coefficient (Wildman–Crippen LogP) is 3.71. The van der Waals surface area contributed by atoms with E-state index < -0.39 is 51.8 Å². The van der Waals surface area contributed by atoms with Gasteiger partial charge in [0.25, 0.3) is 5.92 Å². The zero-order valence-corrected chi connectivity index (χ0v) is 19.5. The van der Waals surface area contributed by atoms with Crippen LogP contribution in [0, 0.1) is 17.0 Å². The van der Waals surface area contributed by atoms with Crippen LogP contribution < -0.4 is 4.74 Å². The topological polar surface area (TPSA) is 82.3 Å². The molecule has 1 atom stereocenters. The summed E-state index contributed by atoms with van der Waals surface area (Å²) in [5.74, 6) is -5.57. The van der Waals surface area contributed by atoms with Gasteiger partial charge in [0.2, 0.25) is 0 Å². The van der Waals surface area contributed by atoms with Crippen LogP contribution in [-0.4, -0.2) is 56.7 Å². The molecule has 3 aromatic rings. The Kier molecular flexibility index (Phi) is 5.20. The van der Waals surface area contributed by atoms with Crippen molar-refractivity contribution in [2.45, 2.75) is 48.4 Å². The second-order valence-electron chi connectivity index (χ2n) is 10.6. The Morgan fingerprint density at radius 1 is 1.05 bits per heavy atom. The van der Waals surface area contributed by atoms with Gasteiger partial charge in [0, 0.05) is 17.0 Å². The molecule has 1 aromatic heterocycles. The molecule has 7 nitrogen and oxygen atoms in total. The molecule has 12 heteroatoms. The average molecular weight is 522 g/mol. The number of aromatic nitrogens is 4. The van der Waals surface area contributed by atoms with Crippen molar-refractivity contribution in [3.8, 4) is 5.75 Å². The summed E-state index contributed by atoms with van der Waals surface area (Å²) in [5.41, 5.74) is -6.52. The standard InChI is InChI=1S/C25H23F5N4O3/c26-17-3-6-19(20(27)7-17)24(35,11-34-15-31-32-33-34)25(29,30)22-8-21(9-22,10-22)16-1-4-18(5-2-16)37-14-23(28)12-36-13-23/h1-7,15,35H,8-14H2/t21?,22?,24-/m1/s1. The highest BCUT2D eigenvalue weighted by atomic mass is 19.3. The smallest absolute Gasteiger partial charge is 0.287 e. The molecule has 196 valence electrons. The molecule has 0 amide bonds. The molecule has 2 heterocycles. The fourth-order valence-corrected chi connectivity index (χ4v) is 6.06. The van der Waals surface area contributed by atoms with E-state index in [0.29, 0.717) is 11.8 Å². The summed E-state index contributed by atoms with van der Waals surface area (Å²) in [6.07, 6.45) is 1.24. The molecule has 0 radical (unpaired) electrons. The molecule has 1 saturated heterocycles. The van der Waals surface area contributed by atoms with Crippen molar-refractivity contribution in [1.29, 1.82) is 0 Å². The maximum Gasteiger partial charge on any atom is 0.287 e. The zero-order valence-electron chi connectivity index (χ0n) is 19.5. The maximum atomic E-state index is 16.2. The number of ether oxygens (including phenoxy) is 2. The van der Waals surface area contributed by atoms with Gasteiger partial charge in [-0.25, -0.2) is 26.6 Å². The molecule has 0 spiro atoms. The number of hydrogen-bond donors (Lipinski definition) is 1. The minimum atomic E-state index is -3.80. The van der Waals surface area contributed by atoms with Crippen molar-refractivity contribution in [3.05, 3.63) is 71.6 Å². The maximum absolute atomic E-state index is 16.2. The van der Waals surface area contributed by atoms with Crippen LogP contribution in [0.5, 0.6) is 5.75 Å². The van der Waals surface area contributed by atoms with E-state index in [-0.39, 0.29) is 39.1 Å². The predicted molar refractivity (Wildman–Crippen MR) is 118 cm³/mol. The quantitative estimate of drug-likeness (QED) is 0.432. The van der Waals surface area contributed by atoms with E-state index in [1.165, 1.54) is 0 Å². The highest BCUT2D eigenvalue weighted by Gasteiger charge is 2.82. The fourth-order valence-electron chi connectivity index (χ4n) is 6.06. The molecule has 7 rings (SSSR count). The summed E-state index contributed by atoms with van der Waals surface area (Å²) in [6.45, 7) is -0.970. The molecule has 1 aliphatic heterocycles. The Bertz CT molecular complexity index is 1300. The van der Waals surface area contributed by atoms with Crippen molar-refractivity contribution in [2.24, 2.45) is 5.41 Å². The number of hydrogen-bond acceptors (Lipinski definition) is 6. The number of aliphatic hydroxyl groups is 1. The van der Waals surface area contributed by atoms with Crippen LogP contribution in [0.4, 0.5) is 22.0 Å². The number of benzene rings is 2. The van der Waals surface area contributed by atoms with Gasteiger partial charge in [0.05, 0.1) is 19.8 Å². The van der Waals surface area contributed by atoms with Crippen molar-refractivity contribution in [1.82, 2.24) is 20.2 Å². The largest absolute Gasteiger partial charge is 0.490 e. The summed E-state index contributed by atoms with van der Waals surface area (Å²) in [5, 5.41) is 21.8. The van der Waals surface area contributed by atoms with Gasteiger partial charge in [-0.3, -0.25) is 0 Å². The van der Waals surface area contributed by atoms with E-state index in [1.807, 2.05) is 0 Å². The van der Waals surface area contributed by atoms with E-state index in [0.717, 1.165) is 28.7 Å². The average Bonchev–Trinajstić information content (AvgIpc) is 3.28. The summed E-state index contributed by atoms with van der Waals surface area (Å²) in [7, 11) is 0. The molecule has 2 bridgehead atoms. The van der Waals surface area contributed by atoms with Crippen LogP contribution in [0.1, 0.15) is 30.4 Å². The molecule has 4 fully saturated rings. The van der Waals surface area contributed by atoms with E-state index in [1.54, 1.807) is 24.3 Å². The molecule has 4 aliphatic rings. The summed E-state index contributed by atoms with van der Waals surface area (Å²) in [6, 6.07) is 9.01. The van der Waals surface area contributed by atoms with Crippen LogP contribution >= 0.6 is 0 Å². The molecule has 0 unspecified atom stereocenters. The second-order valence-corrected chi connectivity index (χ2v) is 10.6. The van der Waals surface area contributed by atoms with Crippen LogP contribution in [0.15, 0.2) is 48.8 Å². The third kappa shape index (κ3) is 3.56. The van der Waals surface area contributed by atoms with Gasteiger partial charge in [0.1, 0.15) is 30.3 Å². The third-order valence-electron chi connectivity index (χ3n) is 8.06. The summed E-state index contributed by atoms with van der Waals surface area (Å²) < 4.78 is 86.1. The Hall–Kier alpha value is -3.12. The molecule has 3 aliphatic carbocycles. The molecule has 2 aromatic carbocycles. The lowest BCUT2D eigenvalue weighted by atomic mass is 9.30. The molecular weight excluding hydrogens is 499 g/mol. The lowest BCUT2D eigenvalue weighted by Crippen LogP contribution is -2.76. The van der Waals surface area contributed by atoms with Gasteiger partial charge in [-0.2, -0.15) is 0 Å². The third-order valence-corrected chi connectivity index (χ3v) is 8.06. The van der Waals surface area contributed by atoms with Gasteiger partial charge in [0.15, 0.2) is 11.3 Å². The van der Waals surface area contributed by atoms with Crippen LogP contribution in [-0.2, 0) is 22.3 Å². The Morgan fingerprint density at radius 2 is 1.76 bits per heavy atom. The summed E-state index contributed by atoms with van der Waals surface area (Å²) in [4.78, 5) is 0. The molecule has 37 heavy (non-hydrogen) atoms. The molecule has 3 saturated carbocycles. The van der Waals surface area contributed by atoms with Gasteiger partial charge < -0.3 is 14.6 Å². The van der Waals surface area contributed by atoms with E-state index in [2.05, 4.69) is 15.5 Å².